The molecular weight excluding hydrogens is 441 g/mol. The van der Waals surface area contributed by atoms with Crippen molar-refractivity contribution in [1.29, 1.82) is 0 Å². The second-order valence-corrected chi connectivity index (χ2v) is 9.03. The van der Waals surface area contributed by atoms with E-state index >= 15 is 0 Å². The van der Waals surface area contributed by atoms with Crippen molar-refractivity contribution in [2.75, 3.05) is 44.5 Å². The summed E-state index contributed by atoms with van der Waals surface area (Å²) in [6, 6.07) is 8.42. The molecule has 0 spiro atoms. The zero-order chi connectivity index (χ0) is 23.1. The Kier molecular flexibility index (Phi) is 5.49. The number of aryl methyl sites for hydroxylation is 1. The van der Waals surface area contributed by atoms with E-state index in [1.165, 1.54) is 12.1 Å². The van der Waals surface area contributed by atoms with Crippen LogP contribution in [-0.2, 0) is 11.2 Å². The van der Waals surface area contributed by atoms with Gasteiger partial charge < -0.3 is 18.7 Å². The van der Waals surface area contributed by atoms with Crippen molar-refractivity contribution in [3.05, 3.63) is 47.4 Å². The fraction of sp³-hybridized carbons (Fsp3) is 0.440. The van der Waals surface area contributed by atoms with Crippen LogP contribution in [0.1, 0.15) is 36.4 Å². The first kappa shape index (κ1) is 21.2. The molecule has 1 saturated heterocycles. The molecule has 3 aliphatic heterocycles. The van der Waals surface area contributed by atoms with Crippen molar-refractivity contribution < 1.29 is 27.9 Å². The van der Waals surface area contributed by atoms with Crippen molar-refractivity contribution in [3.63, 3.8) is 0 Å². The molecule has 1 amide bonds. The molecule has 34 heavy (non-hydrogen) atoms. The second-order valence-electron chi connectivity index (χ2n) is 9.03. The minimum atomic E-state index is -0.323. The number of benzene rings is 2. The summed E-state index contributed by atoms with van der Waals surface area (Å²) >= 11 is 0. The molecule has 178 valence electrons. The average Bonchev–Trinajstić information content (AvgIpc) is 3.48. The van der Waals surface area contributed by atoms with Crippen LogP contribution in [0.25, 0.3) is 11.0 Å². The van der Waals surface area contributed by atoms with E-state index in [0.29, 0.717) is 31.0 Å². The lowest BCUT2D eigenvalue weighted by Gasteiger charge is -2.32. The van der Waals surface area contributed by atoms with E-state index in [-0.39, 0.29) is 24.6 Å². The molecule has 2 aromatic carbocycles. The van der Waals surface area contributed by atoms with Gasteiger partial charge in [0.05, 0.1) is 11.4 Å². The number of fused-ring (bicyclic) bond motifs is 3. The molecule has 0 bridgehead atoms. The van der Waals surface area contributed by atoms with E-state index in [0.717, 1.165) is 66.9 Å². The minimum Gasteiger partial charge on any atom is -0.454 e. The van der Waals surface area contributed by atoms with Gasteiger partial charge in [0.2, 0.25) is 6.79 Å². The molecule has 3 aliphatic rings. The summed E-state index contributed by atoms with van der Waals surface area (Å²) in [5.74, 6) is 1.37. The van der Waals surface area contributed by atoms with Gasteiger partial charge in [-0.2, -0.15) is 0 Å². The Morgan fingerprint density at radius 3 is 2.79 bits per heavy atom. The van der Waals surface area contributed by atoms with Gasteiger partial charge in [0.25, 0.3) is 0 Å². The quantitative estimate of drug-likeness (QED) is 0.561. The van der Waals surface area contributed by atoms with Gasteiger partial charge >= 0.3 is 6.09 Å². The van der Waals surface area contributed by atoms with E-state index in [1.54, 1.807) is 11.0 Å². The van der Waals surface area contributed by atoms with Crippen LogP contribution < -0.4 is 14.4 Å². The zero-order valence-electron chi connectivity index (χ0n) is 18.8. The maximum absolute atomic E-state index is 13.4. The lowest BCUT2D eigenvalue weighted by molar-refractivity contribution is 0.122. The third kappa shape index (κ3) is 3.94. The molecule has 3 aromatic rings. The Bertz CT molecular complexity index is 1220. The predicted octanol–water partition coefficient (Wildman–Crippen LogP) is 4.46. The number of aromatic nitrogens is 1. The van der Waals surface area contributed by atoms with Gasteiger partial charge in [-0.15, -0.1) is 0 Å². The van der Waals surface area contributed by atoms with Gasteiger partial charge in [-0.05, 0) is 62.5 Å². The Hall–Kier alpha value is -3.33. The van der Waals surface area contributed by atoms with Gasteiger partial charge in [0, 0.05) is 36.5 Å². The van der Waals surface area contributed by atoms with Gasteiger partial charge in [-0.1, -0.05) is 5.16 Å². The number of amides is 1. The van der Waals surface area contributed by atoms with Crippen LogP contribution in [0.4, 0.5) is 14.9 Å². The number of rotatable bonds is 4. The van der Waals surface area contributed by atoms with Gasteiger partial charge in [-0.3, -0.25) is 9.80 Å². The zero-order valence-corrected chi connectivity index (χ0v) is 18.8. The van der Waals surface area contributed by atoms with Crippen molar-refractivity contribution in [2.24, 2.45) is 0 Å². The molecule has 4 heterocycles. The number of carbonyl (C=O) groups excluding carboxylic acids is 1. The SMILES string of the molecule is O=C(OCCN1CCC(c2noc3cc(F)ccc23)CC1)N1CCCc2cc3c(cc21)OCO3. The topological polar surface area (TPSA) is 77.3 Å². The summed E-state index contributed by atoms with van der Waals surface area (Å²) < 4.78 is 35.3. The number of ether oxygens (including phenoxy) is 3. The summed E-state index contributed by atoms with van der Waals surface area (Å²) in [5.41, 5.74) is 3.33. The molecule has 0 N–H and O–H groups in total. The van der Waals surface area contributed by atoms with E-state index in [1.807, 2.05) is 12.1 Å². The van der Waals surface area contributed by atoms with Crippen LogP contribution in [0.3, 0.4) is 0 Å². The molecule has 0 saturated carbocycles. The fourth-order valence-corrected chi connectivity index (χ4v) is 5.16. The summed E-state index contributed by atoms with van der Waals surface area (Å²) in [4.78, 5) is 16.8. The first-order valence-corrected chi connectivity index (χ1v) is 11.8. The first-order chi connectivity index (χ1) is 16.7. The van der Waals surface area contributed by atoms with Gasteiger partial charge in [0.15, 0.2) is 17.1 Å². The van der Waals surface area contributed by atoms with Crippen LogP contribution in [0, 0.1) is 5.82 Å². The van der Waals surface area contributed by atoms with Crippen LogP contribution in [0.5, 0.6) is 11.5 Å². The molecule has 1 aromatic heterocycles. The van der Waals surface area contributed by atoms with Gasteiger partial charge in [0.1, 0.15) is 12.4 Å². The Labute approximate surface area is 196 Å². The molecule has 8 nitrogen and oxygen atoms in total. The molecule has 0 radical (unpaired) electrons. The smallest absolute Gasteiger partial charge is 0.414 e. The maximum Gasteiger partial charge on any atom is 0.414 e. The molecule has 6 rings (SSSR count). The van der Waals surface area contributed by atoms with Crippen LogP contribution >= 0.6 is 0 Å². The number of halogens is 1. The third-order valence-electron chi connectivity index (χ3n) is 6.98. The highest BCUT2D eigenvalue weighted by Crippen LogP contribution is 2.40. The average molecular weight is 467 g/mol. The number of hydrogen-bond donors (Lipinski definition) is 0. The second kappa shape index (κ2) is 8.79. The molecule has 9 heteroatoms. The Balaban J connectivity index is 1.02. The van der Waals surface area contributed by atoms with E-state index in [9.17, 15) is 9.18 Å². The Morgan fingerprint density at radius 1 is 1.12 bits per heavy atom. The number of piperidine rings is 1. The summed E-state index contributed by atoms with van der Waals surface area (Å²) in [6.45, 7) is 3.63. The molecule has 0 aliphatic carbocycles. The number of carbonyl (C=O) groups is 1. The lowest BCUT2D eigenvalue weighted by Crippen LogP contribution is -2.39. The predicted molar refractivity (Wildman–Crippen MR) is 122 cm³/mol. The summed E-state index contributed by atoms with van der Waals surface area (Å²) in [7, 11) is 0. The summed E-state index contributed by atoms with van der Waals surface area (Å²) in [5, 5.41) is 5.10. The number of likely N-dealkylation sites (tertiary alicyclic amines) is 1. The van der Waals surface area contributed by atoms with E-state index < -0.39 is 0 Å². The highest BCUT2D eigenvalue weighted by molar-refractivity contribution is 5.90. The maximum atomic E-state index is 13.4. The number of hydrogen-bond acceptors (Lipinski definition) is 7. The van der Waals surface area contributed by atoms with E-state index in [2.05, 4.69) is 10.1 Å². The minimum absolute atomic E-state index is 0.213. The van der Waals surface area contributed by atoms with Crippen molar-refractivity contribution in [3.8, 4) is 11.5 Å². The van der Waals surface area contributed by atoms with Crippen LogP contribution in [0.15, 0.2) is 34.9 Å². The standard InChI is InChI=1S/C25H26FN3O5/c26-18-3-4-19-21(13-18)34-27-24(19)16-5-8-28(9-6-16)10-11-31-25(30)29-7-1-2-17-12-22-23(14-20(17)29)33-15-32-22/h3-4,12-14,16H,1-2,5-11,15H2. The van der Waals surface area contributed by atoms with Crippen LogP contribution in [0.2, 0.25) is 0 Å². The lowest BCUT2D eigenvalue weighted by atomic mass is 9.91. The highest BCUT2D eigenvalue weighted by Gasteiger charge is 2.29. The fourth-order valence-electron chi connectivity index (χ4n) is 5.16. The number of nitrogens with zero attached hydrogens (tertiary/aromatic N) is 3. The normalized spacial score (nSPS) is 18.3. The molecular formula is C25H26FN3O5. The Morgan fingerprint density at radius 2 is 1.94 bits per heavy atom. The van der Waals surface area contributed by atoms with Crippen molar-refractivity contribution in [2.45, 2.75) is 31.6 Å². The first-order valence-electron chi connectivity index (χ1n) is 11.8. The van der Waals surface area contributed by atoms with Crippen molar-refractivity contribution >= 4 is 22.7 Å². The molecule has 1 fully saturated rings. The summed E-state index contributed by atoms with van der Waals surface area (Å²) in [6.07, 6.45) is 3.33. The van der Waals surface area contributed by atoms with Crippen LogP contribution in [-0.4, -0.2) is 55.7 Å². The van der Waals surface area contributed by atoms with Crippen molar-refractivity contribution in [1.82, 2.24) is 10.1 Å². The third-order valence-corrected chi connectivity index (χ3v) is 6.98. The monoisotopic (exact) mass is 467 g/mol. The molecule has 0 atom stereocenters. The largest absolute Gasteiger partial charge is 0.454 e. The highest BCUT2D eigenvalue weighted by atomic mass is 19.1. The number of anilines is 1. The van der Waals surface area contributed by atoms with Gasteiger partial charge in [-0.25, -0.2) is 9.18 Å². The molecule has 0 unspecified atom stereocenters. The van der Waals surface area contributed by atoms with E-state index in [4.69, 9.17) is 18.7 Å².